The summed E-state index contributed by atoms with van der Waals surface area (Å²) in [7, 11) is 1.76. The molecule has 2 rings (SSSR count). The molecule has 7 heteroatoms. The molecule has 1 aromatic heterocycles. The Morgan fingerprint density at radius 1 is 1.63 bits per heavy atom. The van der Waals surface area contributed by atoms with Gasteiger partial charge in [-0.25, -0.2) is 4.98 Å². The molecule has 0 aliphatic carbocycles. The maximum atomic E-state index is 11.1. The molecule has 0 saturated carbocycles. The number of nitrogens with one attached hydrogen (secondary N) is 1. The van der Waals surface area contributed by atoms with Crippen molar-refractivity contribution in [3.63, 3.8) is 0 Å². The second-order valence-electron chi connectivity index (χ2n) is 4.39. The molecule has 19 heavy (non-hydrogen) atoms. The molecule has 0 aromatic carbocycles. The van der Waals surface area contributed by atoms with E-state index in [0.717, 1.165) is 25.3 Å². The Morgan fingerprint density at radius 3 is 3.05 bits per heavy atom. The Bertz CT molecular complexity index is 469. The van der Waals surface area contributed by atoms with Crippen molar-refractivity contribution in [2.45, 2.75) is 18.6 Å². The van der Waals surface area contributed by atoms with Crippen LogP contribution in [0.25, 0.3) is 0 Å². The van der Waals surface area contributed by atoms with Gasteiger partial charge < -0.3 is 10.2 Å². The van der Waals surface area contributed by atoms with Gasteiger partial charge in [-0.2, -0.15) is 11.8 Å². The Hall–Kier alpha value is -1.50. The highest BCUT2D eigenvalue weighted by molar-refractivity contribution is 8.00. The van der Waals surface area contributed by atoms with Crippen LogP contribution in [-0.2, 0) is 0 Å². The molecule has 6 nitrogen and oxygen atoms in total. The average Bonchev–Trinajstić information content (AvgIpc) is 2.46. The SMILES string of the molecule is CCC1CN(c2nc(NC)ccc2[N+](=O)[O-])CCS1. The van der Waals surface area contributed by atoms with Crippen LogP contribution in [0.4, 0.5) is 17.3 Å². The van der Waals surface area contributed by atoms with Gasteiger partial charge in [-0.05, 0) is 12.5 Å². The van der Waals surface area contributed by atoms with Gasteiger partial charge in [-0.3, -0.25) is 10.1 Å². The first kappa shape index (κ1) is 13.9. The van der Waals surface area contributed by atoms with E-state index in [1.807, 2.05) is 16.7 Å². The van der Waals surface area contributed by atoms with Crippen molar-refractivity contribution in [2.24, 2.45) is 0 Å². The van der Waals surface area contributed by atoms with Gasteiger partial charge in [0.15, 0.2) is 0 Å². The lowest BCUT2D eigenvalue weighted by Crippen LogP contribution is -2.38. The predicted molar refractivity (Wildman–Crippen MR) is 79.2 cm³/mol. The van der Waals surface area contributed by atoms with Crippen LogP contribution in [0.15, 0.2) is 12.1 Å². The summed E-state index contributed by atoms with van der Waals surface area (Å²) in [4.78, 5) is 17.2. The van der Waals surface area contributed by atoms with Crippen molar-refractivity contribution in [3.05, 3.63) is 22.2 Å². The summed E-state index contributed by atoms with van der Waals surface area (Å²) in [5.41, 5.74) is 0.0840. The highest BCUT2D eigenvalue weighted by Gasteiger charge is 2.26. The standard InChI is InChI=1S/C12H18N4O2S/c1-3-9-8-15(6-7-19-9)12-10(16(17)18)4-5-11(13-2)14-12/h4-5,9H,3,6-8H2,1-2H3,(H,13,14). The van der Waals surface area contributed by atoms with Crippen LogP contribution in [0.5, 0.6) is 0 Å². The predicted octanol–water partition coefficient (Wildman–Crippen LogP) is 2.36. The van der Waals surface area contributed by atoms with E-state index in [2.05, 4.69) is 17.2 Å². The highest BCUT2D eigenvalue weighted by Crippen LogP contribution is 2.31. The molecule has 1 aromatic rings. The molecule has 1 atom stereocenters. The molecule has 0 amide bonds. The molecule has 1 fully saturated rings. The van der Waals surface area contributed by atoms with Gasteiger partial charge in [-0.15, -0.1) is 0 Å². The monoisotopic (exact) mass is 282 g/mol. The first-order valence-corrected chi connectivity index (χ1v) is 7.40. The van der Waals surface area contributed by atoms with E-state index in [9.17, 15) is 10.1 Å². The first-order chi connectivity index (χ1) is 9.15. The van der Waals surface area contributed by atoms with Crippen LogP contribution in [0.3, 0.4) is 0 Å². The van der Waals surface area contributed by atoms with Crippen LogP contribution in [-0.4, -0.2) is 41.0 Å². The number of anilines is 2. The molecule has 104 valence electrons. The number of pyridine rings is 1. The minimum Gasteiger partial charge on any atom is -0.373 e. The van der Waals surface area contributed by atoms with Gasteiger partial charge in [-0.1, -0.05) is 6.92 Å². The minimum atomic E-state index is -0.357. The van der Waals surface area contributed by atoms with E-state index in [-0.39, 0.29) is 10.6 Å². The van der Waals surface area contributed by atoms with E-state index in [4.69, 9.17) is 0 Å². The van der Waals surface area contributed by atoms with E-state index < -0.39 is 0 Å². The fourth-order valence-electron chi connectivity index (χ4n) is 2.11. The average molecular weight is 282 g/mol. The summed E-state index contributed by atoms with van der Waals surface area (Å²) >= 11 is 1.93. The zero-order valence-corrected chi connectivity index (χ0v) is 11.9. The second-order valence-corrected chi connectivity index (χ2v) is 5.80. The number of hydrogen-bond donors (Lipinski definition) is 1. The Balaban J connectivity index is 2.32. The molecule has 2 heterocycles. The van der Waals surface area contributed by atoms with E-state index >= 15 is 0 Å². The zero-order chi connectivity index (χ0) is 13.8. The minimum absolute atomic E-state index is 0.0840. The van der Waals surface area contributed by atoms with Crippen molar-refractivity contribution in [3.8, 4) is 0 Å². The molecule has 1 N–H and O–H groups in total. The number of nitrogens with zero attached hydrogens (tertiary/aromatic N) is 3. The number of aromatic nitrogens is 1. The van der Waals surface area contributed by atoms with Crippen molar-refractivity contribution in [1.29, 1.82) is 0 Å². The van der Waals surface area contributed by atoms with Crippen LogP contribution in [0.1, 0.15) is 13.3 Å². The summed E-state index contributed by atoms with van der Waals surface area (Å²) in [6, 6.07) is 3.16. The first-order valence-electron chi connectivity index (χ1n) is 6.35. The van der Waals surface area contributed by atoms with Gasteiger partial charge in [0.05, 0.1) is 4.92 Å². The quantitative estimate of drug-likeness (QED) is 0.675. The van der Waals surface area contributed by atoms with Crippen LogP contribution in [0.2, 0.25) is 0 Å². The van der Waals surface area contributed by atoms with E-state index in [1.54, 1.807) is 13.1 Å². The van der Waals surface area contributed by atoms with Crippen molar-refractivity contribution in [2.75, 3.05) is 36.1 Å². The smallest absolute Gasteiger partial charge is 0.311 e. The highest BCUT2D eigenvalue weighted by atomic mass is 32.2. The maximum absolute atomic E-state index is 11.1. The van der Waals surface area contributed by atoms with E-state index in [0.29, 0.717) is 16.9 Å². The number of rotatable bonds is 4. The lowest BCUT2D eigenvalue weighted by atomic mass is 10.2. The topological polar surface area (TPSA) is 71.3 Å². The maximum Gasteiger partial charge on any atom is 0.311 e. The van der Waals surface area contributed by atoms with Crippen LogP contribution >= 0.6 is 11.8 Å². The molecule has 1 aliphatic rings. The third kappa shape index (κ3) is 3.09. The van der Waals surface area contributed by atoms with Gasteiger partial charge in [0.1, 0.15) is 5.82 Å². The summed E-state index contributed by atoms with van der Waals surface area (Å²) in [5, 5.41) is 14.6. The molecular formula is C12H18N4O2S. The van der Waals surface area contributed by atoms with Crippen molar-refractivity contribution in [1.82, 2.24) is 4.98 Å². The van der Waals surface area contributed by atoms with Gasteiger partial charge in [0, 0.05) is 37.2 Å². The van der Waals surface area contributed by atoms with Gasteiger partial charge in [0.2, 0.25) is 5.82 Å². The molecule has 0 bridgehead atoms. The van der Waals surface area contributed by atoms with Crippen LogP contribution < -0.4 is 10.2 Å². The summed E-state index contributed by atoms with van der Waals surface area (Å²) in [5.74, 6) is 2.13. The van der Waals surface area contributed by atoms with Crippen molar-refractivity contribution >= 4 is 29.1 Å². The molecule has 0 radical (unpaired) electrons. The molecule has 0 spiro atoms. The number of hydrogen-bond acceptors (Lipinski definition) is 6. The largest absolute Gasteiger partial charge is 0.373 e. The van der Waals surface area contributed by atoms with Gasteiger partial charge >= 0.3 is 5.69 Å². The lowest BCUT2D eigenvalue weighted by Gasteiger charge is -2.32. The fourth-order valence-corrected chi connectivity index (χ4v) is 3.29. The third-order valence-electron chi connectivity index (χ3n) is 3.20. The second kappa shape index (κ2) is 6.10. The molecule has 1 unspecified atom stereocenters. The summed E-state index contributed by atoms with van der Waals surface area (Å²) in [6.07, 6.45) is 1.07. The Labute approximate surface area is 116 Å². The lowest BCUT2D eigenvalue weighted by molar-refractivity contribution is -0.384. The number of thioether (sulfide) groups is 1. The van der Waals surface area contributed by atoms with E-state index in [1.165, 1.54) is 6.07 Å². The van der Waals surface area contributed by atoms with Crippen LogP contribution in [0, 0.1) is 10.1 Å². The summed E-state index contributed by atoms with van der Waals surface area (Å²) in [6.45, 7) is 3.78. The Kier molecular flexibility index (Phi) is 4.47. The fraction of sp³-hybridized carbons (Fsp3) is 0.583. The molecule has 1 aliphatic heterocycles. The molecular weight excluding hydrogens is 264 g/mol. The third-order valence-corrected chi connectivity index (χ3v) is 4.57. The Morgan fingerprint density at radius 2 is 2.42 bits per heavy atom. The zero-order valence-electron chi connectivity index (χ0n) is 11.1. The van der Waals surface area contributed by atoms with Gasteiger partial charge in [0.25, 0.3) is 0 Å². The van der Waals surface area contributed by atoms with Crippen molar-refractivity contribution < 1.29 is 4.92 Å². The number of nitro groups is 1. The summed E-state index contributed by atoms with van der Waals surface area (Å²) < 4.78 is 0. The normalized spacial score (nSPS) is 19.3. The molecule has 1 saturated heterocycles.